The van der Waals surface area contributed by atoms with Crippen LogP contribution in [0, 0.1) is 0 Å². The van der Waals surface area contributed by atoms with Crippen LogP contribution in [0.3, 0.4) is 0 Å². The molecule has 0 saturated heterocycles. The number of aromatic nitrogens is 1. The molecule has 0 saturated carbocycles. The predicted molar refractivity (Wildman–Crippen MR) is 96.9 cm³/mol. The summed E-state index contributed by atoms with van der Waals surface area (Å²) < 4.78 is 26.3. The molecule has 0 aliphatic heterocycles. The average Bonchev–Trinajstić information content (AvgIpc) is 3.18. The maximum atomic E-state index is 12.3. The maximum absolute atomic E-state index is 12.3. The number of nitrogens with zero attached hydrogens (tertiary/aromatic N) is 2. The average molecular weight is 370 g/mol. The second-order valence-electron chi connectivity index (χ2n) is 5.46. The van der Waals surface area contributed by atoms with E-state index in [2.05, 4.69) is 5.32 Å². The zero-order valence-corrected chi connectivity index (χ0v) is 15.6. The number of thiophene rings is 1. The molecule has 0 unspecified atom stereocenters. The number of hydrogen-bond donors (Lipinski definition) is 1. The van der Waals surface area contributed by atoms with E-state index in [1.54, 1.807) is 24.3 Å². The summed E-state index contributed by atoms with van der Waals surface area (Å²) in [5.74, 6) is -0.140. The van der Waals surface area contributed by atoms with Gasteiger partial charge in [-0.25, -0.2) is 12.7 Å². The minimum Gasteiger partial charge on any atom is -0.351 e. The van der Waals surface area contributed by atoms with E-state index in [1.165, 1.54) is 15.4 Å². The van der Waals surface area contributed by atoms with Gasteiger partial charge in [0.2, 0.25) is 10.0 Å². The molecule has 0 bridgehead atoms. The number of nitrogens with one attached hydrogen (secondary N) is 1. The summed E-state index contributed by atoms with van der Waals surface area (Å²) in [4.78, 5) is 13.5. The van der Waals surface area contributed by atoms with Crippen LogP contribution in [0.4, 0.5) is 0 Å². The van der Waals surface area contributed by atoms with E-state index in [-0.39, 0.29) is 5.91 Å². The van der Waals surface area contributed by atoms with E-state index in [0.717, 1.165) is 0 Å². The lowest BCUT2D eigenvalue weighted by Gasteiger charge is -2.17. The Morgan fingerprint density at radius 3 is 2.75 bits per heavy atom. The van der Waals surface area contributed by atoms with Crippen LogP contribution < -0.4 is 5.32 Å². The summed E-state index contributed by atoms with van der Waals surface area (Å²) in [6, 6.07) is 7.67. The monoisotopic (exact) mass is 369 g/mol. The Bertz CT molecular complexity index is 751. The molecule has 8 heteroatoms. The van der Waals surface area contributed by atoms with Crippen molar-refractivity contribution >= 4 is 27.3 Å². The molecule has 0 aliphatic carbocycles. The number of amides is 1. The molecule has 2 heterocycles. The van der Waals surface area contributed by atoms with E-state index in [1.807, 2.05) is 34.3 Å². The summed E-state index contributed by atoms with van der Waals surface area (Å²) >= 11 is 1.66. The van der Waals surface area contributed by atoms with Crippen molar-refractivity contribution in [2.24, 2.45) is 0 Å². The molecular formula is C16H23N3O3S2. The third-order valence-electron chi connectivity index (χ3n) is 3.66. The highest BCUT2D eigenvalue weighted by Gasteiger charge is 2.14. The molecule has 1 N–H and O–H groups in total. The molecule has 2 aromatic rings. The molecule has 6 nitrogen and oxygen atoms in total. The van der Waals surface area contributed by atoms with Crippen molar-refractivity contribution in [3.05, 3.63) is 46.4 Å². The standard InChI is InChI=1S/C16H23N3O3S2/c1-3-19(24(2,21)22)11-6-9-17-16(20)15-8-4-10-18(15)13-14-7-5-12-23-14/h4-5,7-8,10,12H,3,6,9,11,13H2,1-2H3,(H,17,20). The highest BCUT2D eigenvalue weighted by atomic mass is 32.2. The van der Waals surface area contributed by atoms with Crippen LogP contribution in [-0.4, -0.2) is 49.1 Å². The van der Waals surface area contributed by atoms with Gasteiger partial charge in [-0.05, 0) is 30.0 Å². The van der Waals surface area contributed by atoms with Gasteiger partial charge in [0.05, 0.1) is 12.8 Å². The van der Waals surface area contributed by atoms with Gasteiger partial charge in [0.25, 0.3) is 5.91 Å². The van der Waals surface area contributed by atoms with E-state index in [9.17, 15) is 13.2 Å². The van der Waals surface area contributed by atoms with Crippen LogP contribution in [0.2, 0.25) is 0 Å². The fraction of sp³-hybridized carbons (Fsp3) is 0.438. The lowest BCUT2D eigenvalue weighted by molar-refractivity contribution is 0.0944. The van der Waals surface area contributed by atoms with Crippen molar-refractivity contribution in [2.75, 3.05) is 25.9 Å². The smallest absolute Gasteiger partial charge is 0.267 e. The van der Waals surface area contributed by atoms with Crippen LogP contribution >= 0.6 is 11.3 Å². The molecule has 0 aromatic carbocycles. The van der Waals surface area contributed by atoms with E-state index in [0.29, 0.717) is 38.3 Å². The zero-order valence-electron chi connectivity index (χ0n) is 13.9. The second kappa shape index (κ2) is 8.46. The van der Waals surface area contributed by atoms with Crippen LogP contribution in [0.25, 0.3) is 0 Å². The molecule has 24 heavy (non-hydrogen) atoms. The summed E-state index contributed by atoms with van der Waals surface area (Å²) in [6.07, 6.45) is 3.67. The molecule has 1 amide bonds. The first kappa shape index (κ1) is 18.7. The molecule has 0 atom stereocenters. The minimum atomic E-state index is -3.18. The molecule has 2 rings (SSSR count). The highest BCUT2D eigenvalue weighted by molar-refractivity contribution is 7.88. The number of sulfonamides is 1. The van der Waals surface area contributed by atoms with Crippen molar-refractivity contribution in [3.63, 3.8) is 0 Å². The van der Waals surface area contributed by atoms with Crippen molar-refractivity contribution in [1.29, 1.82) is 0 Å². The van der Waals surface area contributed by atoms with Crippen molar-refractivity contribution in [2.45, 2.75) is 19.9 Å². The largest absolute Gasteiger partial charge is 0.351 e. The number of rotatable bonds is 9. The molecular weight excluding hydrogens is 346 g/mol. The van der Waals surface area contributed by atoms with Crippen LogP contribution in [-0.2, 0) is 16.6 Å². The summed E-state index contributed by atoms with van der Waals surface area (Å²) in [6.45, 7) is 3.76. The van der Waals surface area contributed by atoms with Crippen LogP contribution in [0.1, 0.15) is 28.7 Å². The molecule has 132 valence electrons. The SMILES string of the molecule is CCN(CCCNC(=O)c1cccn1Cc1cccs1)S(C)(=O)=O. The van der Waals surface area contributed by atoms with E-state index >= 15 is 0 Å². The van der Waals surface area contributed by atoms with Gasteiger partial charge in [0.15, 0.2) is 0 Å². The first-order valence-corrected chi connectivity index (χ1v) is 10.6. The van der Waals surface area contributed by atoms with Crippen LogP contribution in [0.15, 0.2) is 35.8 Å². The molecule has 2 aromatic heterocycles. The van der Waals surface area contributed by atoms with Gasteiger partial charge in [-0.1, -0.05) is 13.0 Å². The Balaban J connectivity index is 1.84. The Kier molecular flexibility index (Phi) is 6.59. The number of hydrogen-bond acceptors (Lipinski definition) is 4. The Labute approximate surface area is 147 Å². The van der Waals surface area contributed by atoms with Gasteiger partial charge in [0, 0.05) is 30.7 Å². The third-order valence-corrected chi connectivity index (χ3v) is 5.90. The lowest BCUT2D eigenvalue weighted by atomic mass is 10.3. The summed E-state index contributed by atoms with van der Waals surface area (Å²) in [5.41, 5.74) is 0.610. The van der Waals surface area contributed by atoms with Crippen molar-refractivity contribution in [1.82, 2.24) is 14.2 Å². The first-order chi connectivity index (χ1) is 11.4. The van der Waals surface area contributed by atoms with Crippen LogP contribution in [0.5, 0.6) is 0 Å². The van der Waals surface area contributed by atoms with Gasteiger partial charge >= 0.3 is 0 Å². The fourth-order valence-electron chi connectivity index (χ4n) is 2.43. The number of carbonyl (C=O) groups excluding carboxylic acids is 1. The lowest BCUT2D eigenvalue weighted by Crippen LogP contribution is -2.34. The zero-order chi connectivity index (χ0) is 17.6. The Morgan fingerprint density at radius 2 is 2.12 bits per heavy atom. The van der Waals surface area contributed by atoms with Crippen molar-refractivity contribution < 1.29 is 13.2 Å². The van der Waals surface area contributed by atoms with Gasteiger partial charge in [0.1, 0.15) is 5.69 Å². The first-order valence-electron chi connectivity index (χ1n) is 7.82. The minimum absolute atomic E-state index is 0.140. The van der Waals surface area contributed by atoms with Gasteiger partial charge in [-0.2, -0.15) is 0 Å². The van der Waals surface area contributed by atoms with E-state index < -0.39 is 10.0 Å². The van der Waals surface area contributed by atoms with Crippen molar-refractivity contribution in [3.8, 4) is 0 Å². The predicted octanol–water partition coefficient (Wildman–Crippen LogP) is 2.00. The van der Waals surface area contributed by atoms with Gasteiger partial charge in [-0.3, -0.25) is 4.79 Å². The Morgan fingerprint density at radius 1 is 1.33 bits per heavy atom. The normalized spacial score (nSPS) is 11.8. The topological polar surface area (TPSA) is 71.4 Å². The summed E-state index contributed by atoms with van der Waals surface area (Å²) in [5, 5.41) is 4.87. The number of carbonyl (C=O) groups is 1. The molecule has 0 fully saturated rings. The molecule has 0 radical (unpaired) electrons. The summed E-state index contributed by atoms with van der Waals surface area (Å²) in [7, 11) is -3.18. The fourth-order valence-corrected chi connectivity index (χ4v) is 4.07. The second-order valence-corrected chi connectivity index (χ2v) is 8.48. The highest BCUT2D eigenvalue weighted by Crippen LogP contribution is 2.13. The molecule has 0 spiro atoms. The van der Waals surface area contributed by atoms with Gasteiger partial charge < -0.3 is 9.88 Å². The maximum Gasteiger partial charge on any atom is 0.267 e. The Hall–Kier alpha value is -1.64. The van der Waals surface area contributed by atoms with E-state index in [4.69, 9.17) is 0 Å². The molecule has 0 aliphatic rings. The van der Waals surface area contributed by atoms with Gasteiger partial charge in [-0.15, -0.1) is 11.3 Å². The third kappa shape index (κ3) is 5.19. The quantitative estimate of drug-likeness (QED) is 0.687.